The van der Waals surface area contributed by atoms with Crippen LogP contribution in [-0.2, 0) is 27.5 Å². The first kappa shape index (κ1) is 35.5. The summed E-state index contributed by atoms with van der Waals surface area (Å²) in [4.78, 5) is 9.40. The van der Waals surface area contributed by atoms with E-state index in [9.17, 15) is 33.3 Å². The van der Waals surface area contributed by atoms with E-state index in [1.54, 1.807) is 30.3 Å². The van der Waals surface area contributed by atoms with Crippen molar-refractivity contribution < 1.29 is 91.5 Å². The van der Waals surface area contributed by atoms with Crippen molar-refractivity contribution in [3.63, 3.8) is 0 Å². The normalized spacial score (nSPS) is 10.4. The van der Waals surface area contributed by atoms with Crippen LogP contribution < -0.4 is 39.8 Å². The predicted octanol–water partition coefficient (Wildman–Crippen LogP) is -2.10. The van der Waals surface area contributed by atoms with Crippen molar-refractivity contribution >= 4 is 48.7 Å². The molecule has 184 valence electrons. The third-order valence-electron chi connectivity index (χ3n) is 4.61. The second-order valence-corrected chi connectivity index (χ2v) is 7.84. The third kappa shape index (κ3) is 6.75. The molecule has 0 spiro atoms. The van der Waals surface area contributed by atoms with Crippen LogP contribution in [0.15, 0.2) is 75.8 Å². The monoisotopic (exact) mass is 565 g/mol. The van der Waals surface area contributed by atoms with Crippen LogP contribution >= 0.6 is 0 Å². The van der Waals surface area contributed by atoms with Gasteiger partial charge in [0.2, 0.25) is 0 Å². The fraction of sp³-hybridized carbons (Fsp3) is 0. The Hall–Kier alpha value is -2.68. The summed E-state index contributed by atoms with van der Waals surface area (Å²) >= 11 is 0. The maximum absolute atomic E-state index is 12.5. The molecule has 0 unspecified atom stereocenters. The van der Waals surface area contributed by atoms with E-state index in [4.69, 9.17) is 0 Å². The molecule has 4 aromatic rings. The Morgan fingerprint density at radius 3 is 1.92 bits per heavy atom. The van der Waals surface area contributed by atoms with E-state index >= 15 is 0 Å². The van der Waals surface area contributed by atoms with E-state index in [2.05, 4.69) is 10.2 Å². The van der Waals surface area contributed by atoms with Gasteiger partial charge in [0.25, 0.3) is 5.69 Å². The van der Waals surface area contributed by atoms with Crippen LogP contribution in [0.2, 0.25) is 0 Å². The Labute approximate surface area is 236 Å². The zero-order chi connectivity index (χ0) is 22.3. The Morgan fingerprint density at radius 1 is 0.750 bits per heavy atom. The molecule has 0 heterocycles. The maximum atomic E-state index is 12.5. The number of hydrogen-bond acceptors (Lipinski definition) is 9. The van der Waals surface area contributed by atoms with Gasteiger partial charge in [-0.05, 0) is 17.5 Å². The average Bonchev–Trinajstić information content (AvgIpc) is 2.72. The molecule has 0 aliphatic heterocycles. The minimum Gasteiger partial charge on any atom is -0.871 e. The maximum Gasteiger partial charge on any atom is 2.00 e. The number of nitro groups is 1. The van der Waals surface area contributed by atoms with Gasteiger partial charge in [0.1, 0.15) is 10.1 Å². The molecule has 0 fully saturated rings. The van der Waals surface area contributed by atoms with Crippen molar-refractivity contribution in [2.45, 2.75) is 4.90 Å². The number of benzene rings is 4. The van der Waals surface area contributed by atoms with Gasteiger partial charge < -0.3 is 31.2 Å². The Morgan fingerprint density at radius 2 is 1.33 bits per heavy atom. The first-order chi connectivity index (χ1) is 14.7. The number of nitro benzene ring substituents is 1. The van der Waals surface area contributed by atoms with Crippen molar-refractivity contribution in [1.82, 2.24) is 0 Å². The minimum atomic E-state index is -5.11. The first-order valence-electron chi connectivity index (χ1n) is 8.65. The van der Waals surface area contributed by atoms with Gasteiger partial charge >= 0.3 is 46.9 Å². The van der Waals surface area contributed by atoms with Crippen molar-refractivity contribution in [3.8, 4) is 11.5 Å². The molecule has 0 saturated heterocycles. The fourth-order valence-electron chi connectivity index (χ4n) is 3.20. The van der Waals surface area contributed by atoms with Crippen LogP contribution in [0.1, 0.15) is 0 Å². The number of rotatable bonds is 4. The van der Waals surface area contributed by atoms with Crippen LogP contribution in [0.5, 0.6) is 11.5 Å². The van der Waals surface area contributed by atoms with Crippen LogP contribution in [0.4, 0.5) is 17.1 Å². The molecule has 0 aromatic heterocycles. The second kappa shape index (κ2) is 13.6. The molecule has 0 atom stereocenters. The Kier molecular flexibility index (Phi) is 13.4. The van der Waals surface area contributed by atoms with Gasteiger partial charge in [-0.15, -0.1) is 0 Å². The van der Waals surface area contributed by atoms with Crippen molar-refractivity contribution in [1.29, 1.82) is 0 Å². The molecule has 0 saturated carbocycles. The molecule has 4 aromatic carbocycles. The number of hydrogen-bond donors (Lipinski definition) is 0. The van der Waals surface area contributed by atoms with Gasteiger partial charge in [0.15, 0.2) is 0 Å². The van der Waals surface area contributed by atoms with Crippen LogP contribution in [0.25, 0.3) is 21.5 Å². The van der Waals surface area contributed by atoms with Crippen molar-refractivity contribution in [2.75, 3.05) is 0 Å². The molecular formula is C20H16CrN3NaO10S. The number of fused-ring (bicyclic) bond motifs is 2. The first-order valence-corrected chi connectivity index (χ1v) is 10.1. The summed E-state index contributed by atoms with van der Waals surface area (Å²) in [5, 5.41) is 44.4. The van der Waals surface area contributed by atoms with Gasteiger partial charge in [-0.25, -0.2) is 8.42 Å². The van der Waals surface area contributed by atoms with Crippen molar-refractivity contribution in [3.05, 3.63) is 70.8 Å². The van der Waals surface area contributed by atoms with Crippen molar-refractivity contribution in [2.24, 2.45) is 10.2 Å². The smallest absolute Gasteiger partial charge is 0.871 e. The summed E-state index contributed by atoms with van der Waals surface area (Å²) in [6, 6.07) is 13.3. The minimum absolute atomic E-state index is 0. The molecule has 0 bridgehead atoms. The summed E-state index contributed by atoms with van der Waals surface area (Å²) in [7, 11) is -5.11. The molecule has 16 heteroatoms. The second-order valence-electron chi connectivity index (χ2n) is 6.50. The van der Waals surface area contributed by atoms with Gasteiger partial charge in [-0.3, -0.25) is 10.1 Å². The van der Waals surface area contributed by atoms with E-state index in [0.717, 1.165) is 18.2 Å². The zero-order valence-electron chi connectivity index (χ0n) is 18.3. The van der Waals surface area contributed by atoms with Crippen LogP contribution in [0, 0.1) is 10.1 Å². The van der Waals surface area contributed by atoms with E-state index in [1.807, 2.05) is 0 Å². The van der Waals surface area contributed by atoms with Crippen LogP contribution in [0.3, 0.4) is 0 Å². The molecule has 13 nitrogen and oxygen atoms in total. The zero-order valence-corrected chi connectivity index (χ0v) is 22.4. The Bertz CT molecular complexity index is 1530. The summed E-state index contributed by atoms with van der Waals surface area (Å²) in [6.45, 7) is 0. The number of non-ortho nitro benzene ring substituents is 1. The summed E-state index contributed by atoms with van der Waals surface area (Å²) < 4.78 is 34.8. The van der Waals surface area contributed by atoms with Gasteiger partial charge in [-0.2, -0.15) is 10.2 Å². The predicted molar refractivity (Wildman–Crippen MR) is 116 cm³/mol. The summed E-state index contributed by atoms with van der Waals surface area (Å²) in [6.07, 6.45) is 0. The molecule has 0 aliphatic rings. The van der Waals surface area contributed by atoms with Gasteiger partial charge in [0.05, 0.1) is 21.2 Å². The average molecular weight is 565 g/mol. The SMILES string of the molecule is O.O.O.O=[N+]([O-])c1ccc2c(N=Nc3c([O-])ccc4ccccc34)c([O-])cc(S(=O)(=O)[O-])c2c1.[Cr+2].[Na+]. The Balaban J connectivity index is 0. The van der Waals surface area contributed by atoms with Crippen LogP contribution in [-0.4, -0.2) is 34.3 Å². The molecule has 4 rings (SSSR count). The summed E-state index contributed by atoms with van der Waals surface area (Å²) in [5.41, 5.74) is -0.868. The third-order valence-corrected chi connectivity index (χ3v) is 5.49. The largest absolute Gasteiger partial charge is 2.00 e. The summed E-state index contributed by atoms with van der Waals surface area (Å²) in [5.74, 6) is -1.39. The number of nitrogens with zero attached hydrogens (tertiary/aromatic N) is 3. The standard InChI is InChI=1S/C20H13N3O7S.Cr.Na.3H2O/c24-16-8-5-11-3-1-2-4-13(11)19(16)21-22-20-14-7-6-12(23(26)27)9-15(14)18(10-17(20)25)31(28,29)30;;;;;/h1-10,24-25H,(H,28,29,30);;;3*1H2/q;+2;+1;;;/p-3. The van der Waals surface area contributed by atoms with E-state index in [-0.39, 0.29) is 85.5 Å². The molecule has 0 amide bonds. The molecule has 6 N–H and O–H groups in total. The molecular weight excluding hydrogens is 549 g/mol. The quantitative estimate of drug-likeness (QED) is 0.0873. The molecule has 0 radical (unpaired) electrons. The topological polar surface area (TPSA) is 266 Å². The van der Waals surface area contributed by atoms with Gasteiger partial charge in [0, 0.05) is 28.3 Å². The van der Waals surface area contributed by atoms with E-state index < -0.39 is 37.1 Å². The fourth-order valence-corrected chi connectivity index (χ4v) is 3.89. The number of azo groups is 1. The molecule has 36 heavy (non-hydrogen) atoms. The van der Waals surface area contributed by atoms with E-state index in [1.165, 1.54) is 6.07 Å². The van der Waals surface area contributed by atoms with E-state index in [0.29, 0.717) is 16.8 Å². The van der Waals surface area contributed by atoms with Gasteiger partial charge in [-0.1, -0.05) is 47.9 Å². The molecule has 0 aliphatic carbocycles.